The lowest BCUT2D eigenvalue weighted by atomic mass is 9.65. The largest absolute Gasteiger partial charge is 0.494 e. The molecule has 1 aliphatic rings. The van der Waals surface area contributed by atoms with E-state index in [0.717, 1.165) is 30.6 Å². The van der Waals surface area contributed by atoms with Gasteiger partial charge in [0.1, 0.15) is 5.75 Å². The normalized spacial score (nSPS) is 25.1. The number of hydrogen-bond donors (Lipinski definition) is 1. The van der Waals surface area contributed by atoms with Crippen LogP contribution in [0.4, 0.5) is 0 Å². The van der Waals surface area contributed by atoms with Crippen molar-refractivity contribution in [2.75, 3.05) is 6.61 Å². The maximum absolute atomic E-state index is 11.5. The van der Waals surface area contributed by atoms with Gasteiger partial charge in [-0.05, 0) is 55.2 Å². The molecule has 1 aliphatic carbocycles. The van der Waals surface area contributed by atoms with E-state index >= 15 is 0 Å². The fourth-order valence-corrected chi connectivity index (χ4v) is 3.23. The van der Waals surface area contributed by atoms with Crippen LogP contribution in [0.5, 0.6) is 5.75 Å². The molecule has 2 atom stereocenters. The summed E-state index contributed by atoms with van der Waals surface area (Å²) in [6, 6.07) is 7.92. The molecule has 0 spiro atoms. The summed E-state index contributed by atoms with van der Waals surface area (Å²) in [6.07, 6.45) is 2.65. The Bertz CT molecular complexity index is 479. The van der Waals surface area contributed by atoms with Crippen molar-refractivity contribution < 1.29 is 14.6 Å². The van der Waals surface area contributed by atoms with Crippen molar-refractivity contribution >= 4 is 5.97 Å². The summed E-state index contributed by atoms with van der Waals surface area (Å²) in [5, 5.41) is 9.48. The Morgan fingerprint density at radius 1 is 1.45 bits per heavy atom. The molecule has 0 aromatic heterocycles. The number of ether oxygens (including phenoxy) is 1. The Labute approximate surface area is 121 Å². The van der Waals surface area contributed by atoms with Crippen molar-refractivity contribution in [3.63, 3.8) is 0 Å². The molecule has 1 aromatic carbocycles. The lowest BCUT2D eigenvalue weighted by Gasteiger charge is -2.39. The van der Waals surface area contributed by atoms with Crippen molar-refractivity contribution in [1.82, 2.24) is 0 Å². The van der Waals surface area contributed by atoms with Crippen LogP contribution in [0.2, 0.25) is 0 Å². The average molecular weight is 276 g/mol. The fourth-order valence-electron chi connectivity index (χ4n) is 3.23. The van der Waals surface area contributed by atoms with Crippen LogP contribution in [0.3, 0.4) is 0 Å². The van der Waals surface area contributed by atoms with Crippen LogP contribution in [0, 0.1) is 11.3 Å². The Balaban J connectivity index is 2.30. The van der Waals surface area contributed by atoms with Gasteiger partial charge >= 0.3 is 5.97 Å². The molecule has 1 saturated carbocycles. The quantitative estimate of drug-likeness (QED) is 0.901. The molecule has 1 aromatic rings. The Morgan fingerprint density at radius 2 is 2.20 bits per heavy atom. The number of carboxylic acid groups (broad SMARTS) is 1. The van der Waals surface area contributed by atoms with E-state index in [1.54, 1.807) is 0 Å². The minimum atomic E-state index is -0.674. The van der Waals surface area contributed by atoms with E-state index in [0.29, 0.717) is 6.61 Å². The van der Waals surface area contributed by atoms with E-state index < -0.39 is 5.97 Å². The summed E-state index contributed by atoms with van der Waals surface area (Å²) < 4.78 is 5.54. The lowest BCUT2D eigenvalue weighted by Crippen LogP contribution is -2.33. The first-order valence-corrected chi connectivity index (χ1v) is 7.38. The minimum absolute atomic E-state index is 0.0802. The summed E-state index contributed by atoms with van der Waals surface area (Å²) in [4.78, 5) is 11.5. The molecule has 20 heavy (non-hydrogen) atoms. The van der Waals surface area contributed by atoms with Crippen LogP contribution >= 0.6 is 0 Å². The molecule has 3 heteroatoms. The first-order chi connectivity index (χ1) is 9.43. The van der Waals surface area contributed by atoms with Gasteiger partial charge < -0.3 is 9.84 Å². The van der Waals surface area contributed by atoms with Crippen molar-refractivity contribution in [2.24, 2.45) is 11.3 Å². The van der Waals surface area contributed by atoms with Gasteiger partial charge in [0.25, 0.3) is 0 Å². The van der Waals surface area contributed by atoms with Crippen molar-refractivity contribution in [3.8, 4) is 5.75 Å². The number of hydrogen-bond acceptors (Lipinski definition) is 2. The smallest absolute Gasteiger partial charge is 0.307 e. The highest BCUT2D eigenvalue weighted by atomic mass is 16.5. The van der Waals surface area contributed by atoms with E-state index in [-0.39, 0.29) is 17.3 Å². The molecule has 1 N–H and O–H groups in total. The molecule has 2 unspecified atom stereocenters. The first-order valence-electron chi connectivity index (χ1n) is 7.38. The van der Waals surface area contributed by atoms with Gasteiger partial charge in [-0.25, -0.2) is 0 Å². The second kappa shape index (κ2) is 5.86. The first kappa shape index (κ1) is 14.9. The van der Waals surface area contributed by atoms with Gasteiger partial charge in [-0.3, -0.25) is 4.79 Å². The molecule has 1 fully saturated rings. The van der Waals surface area contributed by atoms with Gasteiger partial charge in [0.05, 0.1) is 12.5 Å². The van der Waals surface area contributed by atoms with E-state index in [1.165, 1.54) is 0 Å². The molecular formula is C17H24O3. The van der Waals surface area contributed by atoms with E-state index in [2.05, 4.69) is 13.8 Å². The Kier molecular flexibility index (Phi) is 4.36. The number of aliphatic carboxylic acids is 1. The summed E-state index contributed by atoms with van der Waals surface area (Å²) in [5.74, 6) is -0.0404. The molecule has 3 nitrogen and oxygen atoms in total. The highest BCUT2D eigenvalue weighted by molar-refractivity contribution is 5.71. The molecule has 0 saturated heterocycles. The summed E-state index contributed by atoms with van der Waals surface area (Å²) >= 11 is 0. The van der Waals surface area contributed by atoms with Gasteiger partial charge in [0.2, 0.25) is 0 Å². The van der Waals surface area contributed by atoms with Crippen molar-refractivity contribution in [2.45, 2.75) is 46.0 Å². The highest BCUT2D eigenvalue weighted by Crippen LogP contribution is 2.47. The van der Waals surface area contributed by atoms with Crippen LogP contribution in [-0.4, -0.2) is 17.7 Å². The molecule has 0 bridgehead atoms. The van der Waals surface area contributed by atoms with E-state index in [4.69, 9.17) is 4.74 Å². The SMILES string of the molecule is CCOc1cccc(C2CC(C)(C)CCC2C(=O)O)c1. The molecule has 0 radical (unpaired) electrons. The predicted octanol–water partition coefficient (Wildman–Crippen LogP) is 4.08. The zero-order valence-electron chi connectivity index (χ0n) is 12.6. The molecule has 0 aliphatic heterocycles. The number of benzene rings is 1. The second-order valence-electron chi connectivity index (χ2n) is 6.46. The van der Waals surface area contributed by atoms with Crippen LogP contribution in [0.1, 0.15) is 51.5 Å². The topological polar surface area (TPSA) is 46.5 Å². The molecule has 0 heterocycles. The van der Waals surface area contributed by atoms with Crippen LogP contribution in [-0.2, 0) is 4.79 Å². The maximum atomic E-state index is 11.5. The summed E-state index contributed by atoms with van der Waals surface area (Å²) in [7, 11) is 0. The monoisotopic (exact) mass is 276 g/mol. The number of carbonyl (C=O) groups is 1. The van der Waals surface area contributed by atoms with Gasteiger partial charge in [-0.2, -0.15) is 0 Å². The molecule has 0 amide bonds. The zero-order chi connectivity index (χ0) is 14.8. The van der Waals surface area contributed by atoms with Gasteiger partial charge in [-0.1, -0.05) is 26.0 Å². The molecule has 110 valence electrons. The molecule has 2 rings (SSSR count). The van der Waals surface area contributed by atoms with Crippen LogP contribution in [0.25, 0.3) is 0 Å². The average Bonchev–Trinajstić information content (AvgIpc) is 2.38. The lowest BCUT2D eigenvalue weighted by molar-refractivity contribution is -0.144. The van der Waals surface area contributed by atoms with Gasteiger partial charge in [0.15, 0.2) is 0 Å². The fraction of sp³-hybridized carbons (Fsp3) is 0.588. The van der Waals surface area contributed by atoms with Crippen LogP contribution < -0.4 is 4.74 Å². The highest BCUT2D eigenvalue weighted by Gasteiger charge is 2.39. The molecular weight excluding hydrogens is 252 g/mol. The second-order valence-corrected chi connectivity index (χ2v) is 6.46. The number of carboxylic acids is 1. The van der Waals surface area contributed by atoms with Crippen molar-refractivity contribution in [1.29, 1.82) is 0 Å². The van der Waals surface area contributed by atoms with Crippen LogP contribution in [0.15, 0.2) is 24.3 Å². The third-order valence-corrected chi connectivity index (χ3v) is 4.30. The van der Waals surface area contributed by atoms with Gasteiger partial charge in [-0.15, -0.1) is 0 Å². The van der Waals surface area contributed by atoms with Gasteiger partial charge in [0, 0.05) is 0 Å². The standard InChI is InChI=1S/C17H24O3/c1-4-20-13-7-5-6-12(10-13)15-11-17(2,3)9-8-14(15)16(18)19/h5-7,10,14-15H,4,8-9,11H2,1-3H3,(H,18,19). The summed E-state index contributed by atoms with van der Waals surface area (Å²) in [5.41, 5.74) is 1.30. The Hall–Kier alpha value is -1.51. The third-order valence-electron chi connectivity index (χ3n) is 4.30. The number of rotatable bonds is 4. The third kappa shape index (κ3) is 3.33. The predicted molar refractivity (Wildman–Crippen MR) is 79.1 cm³/mol. The Morgan fingerprint density at radius 3 is 2.85 bits per heavy atom. The zero-order valence-corrected chi connectivity index (χ0v) is 12.6. The minimum Gasteiger partial charge on any atom is -0.494 e. The van der Waals surface area contributed by atoms with E-state index in [9.17, 15) is 9.90 Å². The van der Waals surface area contributed by atoms with E-state index in [1.807, 2.05) is 31.2 Å². The van der Waals surface area contributed by atoms with Crippen molar-refractivity contribution in [3.05, 3.63) is 29.8 Å². The maximum Gasteiger partial charge on any atom is 0.307 e. The summed E-state index contributed by atoms with van der Waals surface area (Å²) in [6.45, 7) is 7.04.